The van der Waals surface area contributed by atoms with Crippen LogP contribution in [-0.4, -0.2) is 74.0 Å². The second-order valence-corrected chi connectivity index (χ2v) is 8.69. The molecule has 0 bridgehead atoms. The van der Waals surface area contributed by atoms with Gasteiger partial charge < -0.3 is 9.42 Å². The summed E-state index contributed by atoms with van der Waals surface area (Å²) in [6.45, 7) is 8.79. The van der Waals surface area contributed by atoms with Gasteiger partial charge in [0.25, 0.3) is 5.91 Å². The van der Waals surface area contributed by atoms with Gasteiger partial charge in [-0.2, -0.15) is 0 Å². The molecule has 0 aromatic carbocycles. The molecule has 1 aromatic heterocycles. The van der Waals surface area contributed by atoms with E-state index in [0.717, 1.165) is 0 Å². The Kier molecular flexibility index (Phi) is 5.46. The predicted molar refractivity (Wildman–Crippen MR) is 87.4 cm³/mol. The Bertz CT molecular complexity index is 658. The van der Waals surface area contributed by atoms with Crippen LogP contribution in [0, 0.1) is 6.92 Å². The summed E-state index contributed by atoms with van der Waals surface area (Å²) in [6, 6.07) is 0. The molecule has 1 saturated heterocycles. The maximum atomic E-state index is 12.7. The molecule has 1 amide bonds. The average Bonchev–Trinajstić information content (AvgIpc) is 2.86. The lowest BCUT2D eigenvalue weighted by molar-refractivity contribution is 0.0640. The van der Waals surface area contributed by atoms with Crippen molar-refractivity contribution in [3.63, 3.8) is 0 Å². The number of hydrogen-bond acceptors (Lipinski definition) is 6. The molecule has 1 aliphatic heterocycles. The Balaban J connectivity index is 1.98. The molecular formula is C15H25N3O4S. The summed E-state index contributed by atoms with van der Waals surface area (Å²) in [5, 5.41) is 3.93. The zero-order valence-electron chi connectivity index (χ0n) is 14.2. The molecule has 0 aliphatic carbocycles. The maximum Gasteiger partial charge on any atom is 0.259 e. The normalized spacial score (nSPS) is 17.0. The fourth-order valence-electron chi connectivity index (χ4n) is 2.67. The number of sulfone groups is 1. The Labute approximate surface area is 137 Å². The van der Waals surface area contributed by atoms with Gasteiger partial charge in [-0.25, -0.2) is 8.42 Å². The summed E-state index contributed by atoms with van der Waals surface area (Å²) in [4.78, 5) is 16.6. The maximum absolute atomic E-state index is 12.7. The molecule has 2 rings (SSSR count). The van der Waals surface area contributed by atoms with Gasteiger partial charge in [0.15, 0.2) is 5.76 Å². The molecule has 8 heteroatoms. The molecule has 23 heavy (non-hydrogen) atoms. The average molecular weight is 343 g/mol. The number of nitrogens with zero attached hydrogens (tertiary/aromatic N) is 3. The number of piperazine rings is 1. The van der Waals surface area contributed by atoms with Crippen LogP contribution >= 0.6 is 0 Å². The number of amides is 1. The Morgan fingerprint density at radius 3 is 2.39 bits per heavy atom. The van der Waals surface area contributed by atoms with Crippen molar-refractivity contribution in [1.82, 2.24) is 15.0 Å². The smallest absolute Gasteiger partial charge is 0.259 e. The van der Waals surface area contributed by atoms with E-state index in [2.05, 4.69) is 10.1 Å². The van der Waals surface area contributed by atoms with Gasteiger partial charge in [0.1, 0.15) is 15.4 Å². The summed E-state index contributed by atoms with van der Waals surface area (Å²) in [7, 11) is -2.95. The zero-order chi connectivity index (χ0) is 17.2. The van der Waals surface area contributed by atoms with Crippen LogP contribution in [0.25, 0.3) is 0 Å². The van der Waals surface area contributed by atoms with Crippen LogP contribution in [0.2, 0.25) is 0 Å². The minimum Gasteiger partial charge on any atom is -0.360 e. The molecule has 2 heterocycles. The van der Waals surface area contributed by atoms with Crippen LogP contribution in [0.1, 0.15) is 41.6 Å². The quantitative estimate of drug-likeness (QED) is 0.790. The second kappa shape index (κ2) is 7.00. The molecular weight excluding hydrogens is 318 g/mol. The van der Waals surface area contributed by atoms with E-state index in [4.69, 9.17) is 4.52 Å². The van der Waals surface area contributed by atoms with Crippen molar-refractivity contribution >= 4 is 15.7 Å². The third kappa shape index (κ3) is 4.54. The molecule has 0 spiro atoms. The lowest BCUT2D eigenvalue weighted by Crippen LogP contribution is -2.49. The Morgan fingerprint density at radius 2 is 1.87 bits per heavy atom. The van der Waals surface area contributed by atoms with E-state index in [1.807, 2.05) is 13.8 Å². The third-order valence-electron chi connectivity index (χ3n) is 4.07. The summed E-state index contributed by atoms with van der Waals surface area (Å²) < 4.78 is 27.8. The molecule has 0 unspecified atom stereocenters. The van der Waals surface area contributed by atoms with Crippen molar-refractivity contribution in [3.8, 4) is 0 Å². The van der Waals surface area contributed by atoms with Crippen LogP contribution in [0.3, 0.4) is 0 Å². The van der Waals surface area contributed by atoms with E-state index in [1.165, 1.54) is 6.26 Å². The fourth-order valence-corrected chi connectivity index (χ4v) is 3.26. The predicted octanol–water partition coefficient (Wildman–Crippen LogP) is 0.909. The van der Waals surface area contributed by atoms with Crippen molar-refractivity contribution in [2.24, 2.45) is 0 Å². The topological polar surface area (TPSA) is 83.7 Å². The minimum absolute atomic E-state index is 0.0461. The molecule has 1 fully saturated rings. The van der Waals surface area contributed by atoms with Gasteiger partial charge in [-0.3, -0.25) is 9.69 Å². The summed E-state index contributed by atoms with van der Waals surface area (Å²) in [5.41, 5.74) is 1.20. The summed E-state index contributed by atoms with van der Waals surface area (Å²) in [6.07, 6.45) is 1.24. The van der Waals surface area contributed by atoms with Gasteiger partial charge in [0, 0.05) is 44.9 Å². The van der Waals surface area contributed by atoms with Crippen LogP contribution < -0.4 is 0 Å². The highest BCUT2D eigenvalue weighted by Crippen LogP contribution is 2.24. The van der Waals surface area contributed by atoms with Gasteiger partial charge in [0.05, 0.1) is 11.4 Å². The summed E-state index contributed by atoms with van der Waals surface area (Å²) >= 11 is 0. The lowest BCUT2D eigenvalue weighted by atomic mass is 10.0. The van der Waals surface area contributed by atoms with Gasteiger partial charge in [-0.1, -0.05) is 19.0 Å². The number of aromatic nitrogens is 1. The van der Waals surface area contributed by atoms with Crippen molar-refractivity contribution in [2.75, 3.05) is 44.7 Å². The number of carbonyl (C=O) groups is 1. The first kappa shape index (κ1) is 17.9. The first-order valence-corrected chi connectivity index (χ1v) is 9.90. The monoisotopic (exact) mass is 343 g/mol. The van der Waals surface area contributed by atoms with Crippen molar-refractivity contribution in [3.05, 3.63) is 17.0 Å². The van der Waals surface area contributed by atoms with Crippen LogP contribution in [-0.2, 0) is 9.84 Å². The molecule has 0 N–H and O–H groups in total. The first-order chi connectivity index (χ1) is 10.7. The van der Waals surface area contributed by atoms with Crippen LogP contribution in [0.5, 0.6) is 0 Å². The zero-order valence-corrected chi connectivity index (χ0v) is 15.0. The van der Waals surface area contributed by atoms with Crippen molar-refractivity contribution in [2.45, 2.75) is 26.7 Å². The van der Waals surface area contributed by atoms with Crippen molar-refractivity contribution in [1.29, 1.82) is 0 Å². The Morgan fingerprint density at radius 1 is 1.26 bits per heavy atom. The van der Waals surface area contributed by atoms with E-state index in [0.29, 0.717) is 49.7 Å². The van der Waals surface area contributed by atoms with Crippen LogP contribution in [0.15, 0.2) is 4.52 Å². The molecule has 0 radical (unpaired) electrons. The molecule has 7 nitrogen and oxygen atoms in total. The van der Waals surface area contributed by atoms with Gasteiger partial charge in [-0.15, -0.1) is 0 Å². The fraction of sp³-hybridized carbons (Fsp3) is 0.733. The molecule has 1 aromatic rings. The van der Waals surface area contributed by atoms with E-state index in [-0.39, 0.29) is 17.6 Å². The molecule has 1 aliphatic rings. The van der Waals surface area contributed by atoms with Gasteiger partial charge in [0.2, 0.25) is 0 Å². The van der Waals surface area contributed by atoms with E-state index in [9.17, 15) is 13.2 Å². The highest BCUT2D eigenvalue weighted by atomic mass is 32.2. The SMILES string of the molecule is Cc1noc(C(C)C)c1C(=O)N1CCN(CCS(C)(=O)=O)CC1. The minimum atomic E-state index is -2.95. The number of rotatable bonds is 5. The molecule has 0 saturated carbocycles. The second-order valence-electron chi connectivity index (χ2n) is 6.43. The van der Waals surface area contributed by atoms with Gasteiger partial charge in [-0.05, 0) is 6.92 Å². The number of aryl methyl sites for hydroxylation is 1. The lowest BCUT2D eigenvalue weighted by Gasteiger charge is -2.34. The summed E-state index contributed by atoms with van der Waals surface area (Å²) in [5.74, 6) is 0.844. The van der Waals surface area contributed by atoms with E-state index >= 15 is 0 Å². The Hall–Kier alpha value is -1.41. The molecule has 130 valence electrons. The van der Waals surface area contributed by atoms with E-state index < -0.39 is 9.84 Å². The number of hydrogen-bond donors (Lipinski definition) is 0. The number of carbonyl (C=O) groups excluding carboxylic acids is 1. The molecule has 0 atom stereocenters. The van der Waals surface area contributed by atoms with Gasteiger partial charge >= 0.3 is 0 Å². The van der Waals surface area contributed by atoms with Crippen molar-refractivity contribution < 1.29 is 17.7 Å². The van der Waals surface area contributed by atoms with Crippen LogP contribution in [0.4, 0.5) is 0 Å². The largest absolute Gasteiger partial charge is 0.360 e. The first-order valence-electron chi connectivity index (χ1n) is 7.84. The standard InChI is InChI=1S/C15H25N3O4S/c1-11(2)14-13(12(3)16-22-14)15(19)18-7-5-17(6-8-18)9-10-23(4,20)21/h11H,5-10H2,1-4H3. The third-order valence-corrected chi connectivity index (χ3v) is 4.99. The highest BCUT2D eigenvalue weighted by molar-refractivity contribution is 7.90. The highest BCUT2D eigenvalue weighted by Gasteiger charge is 2.29. The van der Waals surface area contributed by atoms with E-state index in [1.54, 1.807) is 11.8 Å².